The summed E-state index contributed by atoms with van der Waals surface area (Å²) in [6.45, 7) is 1.25. The molecule has 0 fully saturated rings. The molecule has 1 unspecified atom stereocenters. The van der Waals surface area contributed by atoms with Gasteiger partial charge in [-0.2, -0.15) is 0 Å². The van der Waals surface area contributed by atoms with Crippen LogP contribution in [0.2, 0.25) is 5.02 Å². The molecule has 106 valence electrons. The quantitative estimate of drug-likeness (QED) is 0.668. The van der Waals surface area contributed by atoms with Crippen LogP contribution in [0.15, 0.2) is 18.2 Å². The Labute approximate surface area is 117 Å². The Morgan fingerprint density at radius 1 is 1.47 bits per heavy atom. The van der Waals surface area contributed by atoms with Gasteiger partial charge in [0.05, 0.1) is 18.5 Å². The second-order valence-corrected chi connectivity index (χ2v) is 6.60. The van der Waals surface area contributed by atoms with Gasteiger partial charge in [-0.05, 0) is 25.1 Å². The topological polar surface area (TPSA) is 89.7 Å². The Kier molecular flexibility index (Phi) is 4.65. The number of ether oxygens (including phenoxy) is 1. The zero-order valence-corrected chi connectivity index (χ0v) is 12.3. The highest BCUT2D eigenvalue weighted by Gasteiger charge is 2.33. The number of hydrogen-bond donors (Lipinski definition) is 1. The van der Waals surface area contributed by atoms with Crippen molar-refractivity contribution in [1.29, 1.82) is 0 Å². The van der Waals surface area contributed by atoms with E-state index in [1.165, 1.54) is 26.1 Å². The summed E-state index contributed by atoms with van der Waals surface area (Å²) >= 11 is 5.81. The van der Waals surface area contributed by atoms with Crippen LogP contribution in [0.25, 0.3) is 0 Å². The highest BCUT2D eigenvalue weighted by Crippen LogP contribution is 2.29. The Balaban J connectivity index is 3.22. The van der Waals surface area contributed by atoms with Crippen LogP contribution < -0.4 is 10.0 Å². The largest absolute Gasteiger partial charge is 0.468 e. The van der Waals surface area contributed by atoms with E-state index in [1.807, 2.05) is 0 Å². The summed E-state index contributed by atoms with van der Waals surface area (Å²) in [6, 6.07) is 4.45. The number of nitrogens with zero attached hydrogens (tertiary/aromatic N) is 1. The summed E-state index contributed by atoms with van der Waals surface area (Å²) in [5.74, 6) is -0.840. The highest BCUT2D eigenvalue weighted by molar-refractivity contribution is 7.94. The van der Waals surface area contributed by atoms with Gasteiger partial charge in [-0.15, -0.1) is 0 Å². The number of benzene rings is 1. The molecular weight excluding hydrogens is 292 g/mol. The molecule has 0 radical (unpaired) electrons. The van der Waals surface area contributed by atoms with Crippen molar-refractivity contribution in [1.82, 2.24) is 0 Å². The van der Waals surface area contributed by atoms with E-state index >= 15 is 0 Å². The maximum Gasteiger partial charge on any atom is 0.325 e. The molecule has 0 saturated carbocycles. The number of carbonyl (C=O) groups is 1. The fourth-order valence-corrected chi connectivity index (χ4v) is 2.86. The van der Waals surface area contributed by atoms with E-state index in [1.54, 1.807) is 6.07 Å². The van der Waals surface area contributed by atoms with Crippen LogP contribution in [0.1, 0.15) is 6.92 Å². The average Bonchev–Trinajstić information content (AvgIpc) is 2.38. The molecule has 2 N–H and O–H groups in total. The fraction of sp³-hybridized carbons (Fsp3) is 0.364. The van der Waals surface area contributed by atoms with Gasteiger partial charge in [-0.3, -0.25) is 9.10 Å². The van der Waals surface area contributed by atoms with Crippen molar-refractivity contribution in [3.63, 3.8) is 0 Å². The van der Waals surface area contributed by atoms with Crippen molar-refractivity contribution in [2.24, 2.45) is 0 Å². The van der Waals surface area contributed by atoms with Gasteiger partial charge in [-0.25, -0.2) is 8.42 Å². The SMILES string of the molecule is COC(=O)C(C)S(=O)(=O)N(C)c1cc(Cl)ccc1N. The maximum atomic E-state index is 12.2. The van der Waals surface area contributed by atoms with Crippen LogP contribution in [-0.2, 0) is 19.6 Å². The second-order valence-electron chi connectivity index (χ2n) is 3.88. The van der Waals surface area contributed by atoms with Crippen molar-refractivity contribution in [2.75, 3.05) is 24.2 Å². The smallest absolute Gasteiger partial charge is 0.325 e. The van der Waals surface area contributed by atoms with Gasteiger partial charge >= 0.3 is 5.97 Å². The van der Waals surface area contributed by atoms with Gasteiger partial charge < -0.3 is 10.5 Å². The number of anilines is 2. The van der Waals surface area contributed by atoms with Gasteiger partial charge in [-0.1, -0.05) is 11.6 Å². The third-order valence-corrected chi connectivity index (χ3v) is 4.97. The first kappa shape index (κ1) is 15.6. The lowest BCUT2D eigenvalue weighted by Crippen LogP contribution is -2.39. The summed E-state index contributed by atoms with van der Waals surface area (Å²) in [7, 11) is -1.49. The van der Waals surface area contributed by atoms with Crippen LogP contribution in [0.3, 0.4) is 0 Å². The van der Waals surface area contributed by atoms with Crippen LogP contribution in [0, 0.1) is 0 Å². The summed E-state index contributed by atoms with van der Waals surface area (Å²) in [4.78, 5) is 11.4. The zero-order chi connectivity index (χ0) is 14.8. The van der Waals surface area contributed by atoms with E-state index in [4.69, 9.17) is 17.3 Å². The van der Waals surface area contributed by atoms with Crippen LogP contribution in [0.5, 0.6) is 0 Å². The highest BCUT2D eigenvalue weighted by atomic mass is 35.5. The molecule has 19 heavy (non-hydrogen) atoms. The van der Waals surface area contributed by atoms with E-state index in [9.17, 15) is 13.2 Å². The minimum absolute atomic E-state index is 0.211. The molecule has 0 heterocycles. The Hall–Kier alpha value is -1.47. The lowest BCUT2D eigenvalue weighted by atomic mass is 10.3. The number of nitrogen functional groups attached to an aromatic ring is 1. The van der Waals surface area contributed by atoms with Gasteiger partial charge in [0.1, 0.15) is 0 Å². The molecular formula is C11H15ClN2O4S. The molecule has 1 aromatic rings. The molecule has 1 aromatic carbocycles. The third kappa shape index (κ3) is 3.10. The number of carbonyl (C=O) groups excluding carboxylic acids is 1. The molecule has 0 amide bonds. The first-order valence-corrected chi connectivity index (χ1v) is 7.20. The van der Waals surface area contributed by atoms with E-state index < -0.39 is 21.2 Å². The van der Waals surface area contributed by atoms with E-state index in [-0.39, 0.29) is 11.4 Å². The molecule has 8 heteroatoms. The number of rotatable bonds is 4. The second kappa shape index (κ2) is 5.66. The van der Waals surface area contributed by atoms with E-state index in [0.717, 1.165) is 11.4 Å². The number of methoxy groups -OCH3 is 1. The number of hydrogen-bond acceptors (Lipinski definition) is 5. The van der Waals surface area contributed by atoms with Gasteiger partial charge in [0.15, 0.2) is 5.25 Å². The van der Waals surface area contributed by atoms with Crippen molar-refractivity contribution >= 4 is 39.0 Å². The first-order valence-electron chi connectivity index (χ1n) is 5.32. The molecule has 0 aliphatic carbocycles. The third-order valence-electron chi connectivity index (χ3n) is 2.69. The predicted molar refractivity (Wildman–Crippen MR) is 74.7 cm³/mol. The Morgan fingerprint density at radius 2 is 2.05 bits per heavy atom. The van der Waals surface area contributed by atoms with Gasteiger partial charge in [0.25, 0.3) is 0 Å². The number of halogens is 1. The molecule has 0 aliphatic heterocycles. The lowest BCUT2D eigenvalue weighted by molar-refractivity contribution is -0.139. The van der Waals surface area contributed by atoms with Crippen molar-refractivity contribution in [3.05, 3.63) is 23.2 Å². The predicted octanol–water partition coefficient (Wildman–Crippen LogP) is 1.25. The zero-order valence-electron chi connectivity index (χ0n) is 10.8. The summed E-state index contributed by atoms with van der Waals surface area (Å²) < 4.78 is 29.8. The number of sulfonamides is 1. The molecule has 0 spiro atoms. The number of esters is 1. The standard InChI is InChI=1S/C11H15ClN2O4S/c1-7(11(15)18-3)19(16,17)14(2)10-6-8(12)4-5-9(10)13/h4-7H,13H2,1-3H3. The fourth-order valence-electron chi connectivity index (χ4n) is 1.45. The molecule has 0 bridgehead atoms. The first-order chi connectivity index (χ1) is 8.71. The van der Waals surface area contributed by atoms with E-state index in [2.05, 4.69) is 4.74 Å². The van der Waals surface area contributed by atoms with Crippen LogP contribution in [0.4, 0.5) is 11.4 Å². The molecule has 1 atom stereocenters. The molecule has 6 nitrogen and oxygen atoms in total. The Bertz CT molecular complexity index is 588. The van der Waals surface area contributed by atoms with Gasteiger partial charge in [0, 0.05) is 12.1 Å². The Morgan fingerprint density at radius 3 is 2.58 bits per heavy atom. The molecule has 0 aliphatic rings. The average molecular weight is 307 g/mol. The molecule has 1 rings (SSSR count). The molecule has 0 saturated heterocycles. The summed E-state index contributed by atoms with van der Waals surface area (Å²) in [5.41, 5.74) is 6.17. The minimum Gasteiger partial charge on any atom is -0.468 e. The summed E-state index contributed by atoms with van der Waals surface area (Å²) in [6.07, 6.45) is 0. The minimum atomic E-state index is -3.92. The van der Waals surface area contributed by atoms with Crippen molar-refractivity contribution in [3.8, 4) is 0 Å². The summed E-state index contributed by atoms with van der Waals surface area (Å²) in [5, 5.41) is -0.988. The lowest BCUT2D eigenvalue weighted by Gasteiger charge is -2.23. The van der Waals surface area contributed by atoms with Crippen LogP contribution in [-0.4, -0.2) is 33.8 Å². The normalized spacial score (nSPS) is 12.8. The molecule has 0 aromatic heterocycles. The van der Waals surface area contributed by atoms with Crippen LogP contribution >= 0.6 is 11.6 Å². The monoisotopic (exact) mass is 306 g/mol. The van der Waals surface area contributed by atoms with Crippen molar-refractivity contribution in [2.45, 2.75) is 12.2 Å². The van der Waals surface area contributed by atoms with Gasteiger partial charge in [0.2, 0.25) is 10.0 Å². The van der Waals surface area contributed by atoms with E-state index in [0.29, 0.717) is 5.02 Å². The number of nitrogens with two attached hydrogens (primary N) is 1. The van der Waals surface area contributed by atoms with Crippen molar-refractivity contribution < 1.29 is 17.9 Å². The maximum absolute atomic E-state index is 12.2.